The van der Waals surface area contributed by atoms with Gasteiger partial charge in [-0.3, -0.25) is 4.52 Å². The lowest BCUT2D eigenvalue weighted by molar-refractivity contribution is -0.155. The van der Waals surface area contributed by atoms with E-state index in [9.17, 15) is 9.36 Å². The third-order valence-electron chi connectivity index (χ3n) is 0.813. The van der Waals surface area contributed by atoms with Crippen LogP contribution in [0.1, 0.15) is 13.8 Å². The molecule has 0 aliphatic rings. The minimum absolute atomic E-state index is 0.281. The van der Waals surface area contributed by atoms with Crippen LogP contribution in [0.25, 0.3) is 0 Å². The predicted molar refractivity (Wildman–Crippen MR) is 39.1 cm³/mol. The van der Waals surface area contributed by atoms with Crippen molar-refractivity contribution < 1.29 is 18.6 Å². The van der Waals surface area contributed by atoms with Gasteiger partial charge < -0.3 is 4.74 Å². The smallest absolute Gasteiger partial charge is 0.335 e. The van der Waals surface area contributed by atoms with Crippen LogP contribution in [0, 0.1) is 0 Å². The van der Waals surface area contributed by atoms with Gasteiger partial charge in [-0.1, -0.05) is 6.58 Å². The lowest BCUT2D eigenvalue weighted by atomic mass is 10.4. The van der Waals surface area contributed by atoms with E-state index in [1.54, 1.807) is 0 Å². The van der Waals surface area contributed by atoms with Gasteiger partial charge in [0.1, 0.15) is 0 Å². The van der Waals surface area contributed by atoms with Crippen molar-refractivity contribution in [2.45, 2.75) is 20.1 Å². The molecule has 11 heavy (non-hydrogen) atoms. The molecule has 0 spiro atoms. The van der Waals surface area contributed by atoms with Crippen molar-refractivity contribution in [2.75, 3.05) is 0 Å². The minimum atomic E-state index is -0.807. The molecule has 0 aromatic heterocycles. The molecule has 0 aliphatic carbocycles. The Balaban J connectivity index is 3.74. The number of esters is 1. The fraction of sp³-hybridized carbons (Fsp3) is 0.500. The van der Waals surface area contributed by atoms with E-state index in [2.05, 4.69) is 15.8 Å². The van der Waals surface area contributed by atoms with E-state index in [4.69, 9.17) is 0 Å². The van der Waals surface area contributed by atoms with E-state index in [0.717, 1.165) is 0 Å². The van der Waals surface area contributed by atoms with Crippen LogP contribution < -0.4 is 0 Å². The summed E-state index contributed by atoms with van der Waals surface area (Å²) in [5, 5.41) is 0. The van der Waals surface area contributed by atoms with Gasteiger partial charge in [-0.25, -0.2) is 9.36 Å². The fourth-order valence-corrected chi connectivity index (χ4v) is 0.498. The van der Waals surface area contributed by atoms with Crippen molar-refractivity contribution in [1.29, 1.82) is 0 Å². The van der Waals surface area contributed by atoms with E-state index in [1.807, 2.05) is 0 Å². The Morgan fingerprint density at radius 2 is 2.18 bits per heavy atom. The van der Waals surface area contributed by atoms with E-state index < -0.39 is 20.9 Å². The molecule has 0 N–H and O–H groups in total. The molecule has 0 aromatic rings. The van der Waals surface area contributed by atoms with Gasteiger partial charge >= 0.3 is 14.7 Å². The van der Waals surface area contributed by atoms with Crippen molar-refractivity contribution >= 4 is 14.7 Å². The van der Waals surface area contributed by atoms with Gasteiger partial charge in [0.2, 0.25) is 6.29 Å². The average molecular weight is 176 g/mol. The molecule has 1 atom stereocenters. The third kappa shape index (κ3) is 4.65. The first-order chi connectivity index (χ1) is 5.07. The monoisotopic (exact) mass is 176 g/mol. The molecule has 1 unspecified atom stereocenters. The second-order valence-corrected chi connectivity index (χ2v) is 2.29. The predicted octanol–water partition coefficient (Wildman–Crippen LogP) is 1.67. The fourth-order valence-electron chi connectivity index (χ4n) is 0.333. The van der Waals surface area contributed by atoms with Crippen LogP contribution in [0.5, 0.6) is 0 Å². The second-order valence-electron chi connectivity index (χ2n) is 1.93. The maximum absolute atomic E-state index is 10.7. The number of rotatable bonds is 4. The summed E-state index contributed by atoms with van der Waals surface area (Å²) in [5.74, 6) is -0.554. The van der Waals surface area contributed by atoms with Gasteiger partial charge in [-0.15, -0.1) is 0 Å². The van der Waals surface area contributed by atoms with Crippen molar-refractivity contribution in [3.63, 3.8) is 0 Å². The molecule has 0 fully saturated rings. The Hall–Kier alpha value is -0.730. The standard InChI is InChI=1S/C6H9O4P/c1-4(2)6(7)9-5(3)10-11-8/h5H,1H2,2-3H3. The highest BCUT2D eigenvalue weighted by molar-refractivity contribution is 7.17. The molecule has 0 aromatic carbocycles. The summed E-state index contributed by atoms with van der Waals surface area (Å²) in [6, 6.07) is 0. The van der Waals surface area contributed by atoms with Crippen LogP contribution in [0.15, 0.2) is 12.2 Å². The first-order valence-electron chi connectivity index (χ1n) is 2.93. The zero-order valence-corrected chi connectivity index (χ0v) is 7.26. The molecule has 0 heterocycles. The molecule has 0 saturated carbocycles. The first-order valence-corrected chi connectivity index (χ1v) is 3.66. The maximum Gasteiger partial charge on any atom is 0.335 e. The number of hydrogen-bond acceptors (Lipinski definition) is 4. The second kappa shape index (κ2) is 4.99. The quantitative estimate of drug-likeness (QED) is 0.283. The summed E-state index contributed by atoms with van der Waals surface area (Å²) in [5.41, 5.74) is 0.281. The molecule has 0 bridgehead atoms. The van der Waals surface area contributed by atoms with Gasteiger partial charge in [0.25, 0.3) is 0 Å². The topological polar surface area (TPSA) is 52.6 Å². The van der Waals surface area contributed by atoms with Crippen LogP contribution in [0.4, 0.5) is 0 Å². The average Bonchev–Trinajstić information content (AvgIpc) is 1.87. The molecule has 62 valence electrons. The SMILES string of the molecule is C=C(C)C(=O)OC(C)OP=O. The molecular formula is C6H9O4P. The summed E-state index contributed by atoms with van der Waals surface area (Å²) < 4.78 is 18.8. The lowest BCUT2D eigenvalue weighted by Gasteiger charge is -2.08. The summed E-state index contributed by atoms with van der Waals surface area (Å²) in [6.45, 7) is 6.34. The van der Waals surface area contributed by atoms with E-state index >= 15 is 0 Å². The van der Waals surface area contributed by atoms with E-state index in [-0.39, 0.29) is 5.57 Å². The van der Waals surface area contributed by atoms with Crippen molar-refractivity contribution in [1.82, 2.24) is 0 Å². The van der Waals surface area contributed by atoms with Gasteiger partial charge in [0.05, 0.1) is 0 Å². The van der Waals surface area contributed by atoms with Crippen molar-refractivity contribution in [3.8, 4) is 0 Å². The first kappa shape index (κ1) is 10.3. The van der Waals surface area contributed by atoms with Crippen LogP contribution in [0.3, 0.4) is 0 Å². The highest BCUT2D eigenvalue weighted by atomic mass is 31.1. The molecule has 0 aliphatic heterocycles. The van der Waals surface area contributed by atoms with Crippen molar-refractivity contribution in [2.24, 2.45) is 0 Å². The lowest BCUT2D eigenvalue weighted by Crippen LogP contribution is -2.14. The normalized spacial score (nSPS) is 12.5. The minimum Gasteiger partial charge on any atom is -0.432 e. The number of carbonyl (C=O) groups excluding carboxylic acids is 1. The Labute approximate surface area is 66.5 Å². The number of hydrogen-bond donors (Lipinski definition) is 0. The van der Waals surface area contributed by atoms with Crippen LogP contribution in [-0.4, -0.2) is 12.3 Å². The highest BCUT2D eigenvalue weighted by Crippen LogP contribution is 2.05. The Morgan fingerprint density at radius 1 is 1.64 bits per heavy atom. The Kier molecular flexibility index (Phi) is 4.66. The third-order valence-corrected chi connectivity index (χ3v) is 1.20. The van der Waals surface area contributed by atoms with E-state index in [1.165, 1.54) is 13.8 Å². The number of carbonyl (C=O) groups is 1. The Bertz CT molecular complexity index is 177. The molecule has 0 amide bonds. The summed E-state index contributed by atoms with van der Waals surface area (Å²) in [6.07, 6.45) is -0.807. The zero-order valence-electron chi connectivity index (χ0n) is 6.36. The van der Waals surface area contributed by atoms with Crippen LogP contribution in [-0.2, 0) is 18.6 Å². The zero-order chi connectivity index (χ0) is 8.85. The highest BCUT2D eigenvalue weighted by Gasteiger charge is 2.09. The molecule has 0 rings (SSSR count). The van der Waals surface area contributed by atoms with Crippen molar-refractivity contribution in [3.05, 3.63) is 12.2 Å². The number of ether oxygens (including phenoxy) is 1. The van der Waals surface area contributed by atoms with Gasteiger partial charge in [0, 0.05) is 5.57 Å². The maximum atomic E-state index is 10.7. The molecule has 4 nitrogen and oxygen atoms in total. The van der Waals surface area contributed by atoms with Gasteiger partial charge in [-0.2, -0.15) is 0 Å². The largest absolute Gasteiger partial charge is 0.432 e. The summed E-state index contributed by atoms with van der Waals surface area (Å²) >= 11 is 0. The van der Waals surface area contributed by atoms with E-state index in [0.29, 0.717) is 0 Å². The van der Waals surface area contributed by atoms with Gasteiger partial charge in [-0.05, 0) is 13.8 Å². The molecule has 0 saturated heterocycles. The van der Waals surface area contributed by atoms with Crippen LogP contribution >= 0.6 is 8.69 Å². The Morgan fingerprint density at radius 3 is 2.55 bits per heavy atom. The van der Waals surface area contributed by atoms with Crippen LogP contribution in [0.2, 0.25) is 0 Å². The van der Waals surface area contributed by atoms with Gasteiger partial charge in [0.15, 0.2) is 0 Å². The summed E-state index contributed by atoms with van der Waals surface area (Å²) in [4.78, 5) is 10.7. The molecule has 5 heteroatoms. The molecular weight excluding hydrogens is 167 g/mol. The molecule has 0 radical (unpaired) electrons. The summed E-state index contributed by atoms with van der Waals surface area (Å²) in [7, 11) is -0.510.